The maximum Gasteiger partial charge on any atom is 0.222 e. The van der Waals surface area contributed by atoms with Crippen LogP contribution in [0.3, 0.4) is 0 Å². The van der Waals surface area contributed by atoms with Gasteiger partial charge in [-0.25, -0.2) is 4.98 Å². The fraction of sp³-hybridized carbons (Fsp3) is 0.609. The molecule has 1 N–H and O–H groups in total. The van der Waals surface area contributed by atoms with Crippen LogP contribution in [0.5, 0.6) is 5.75 Å². The molecule has 2 unspecified atom stereocenters. The molecular weight excluding hydrogens is 383 g/mol. The number of carbonyl (C=O) groups is 1. The smallest absolute Gasteiger partial charge is 0.222 e. The van der Waals surface area contributed by atoms with E-state index in [4.69, 9.17) is 9.72 Å². The van der Waals surface area contributed by atoms with Gasteiger partial charge in [0.25, 0.3) is 0 Å². The van der Waals surface area contributed by atoms with Gasteiger partial charge >= 0.3 is 0 Å². The van der Waals surface area contributed by atoms with E-state index >= 15 is 0 Å². The lowest BCUT2D eigenvalue weighted by Crippen LogP contribution is -2.29. The fourth-order valence-corrected chi connectivity index (χ4v) is 4.85. The van der Waals surface area contributed by atoms with Crippen molar-refractivity contribution in [3.05, 3.63) is 41.5 Å². The number of benzene rings is 1. The number of rotatable bonds is 7. The summed E-state index contributed by atoms with van der Waals surface area (Å²) < 4.78 is 19.1. The summed E-state index contributed by atoms with van der Waals surface area (Å²) >= 11 is 0. The number of nitrogens with zero attached hydrogens (tertiary/aromatic N) is 3. The minimum Gasteiger partial charge on any atom is -0.496 e. The van der Waals surface area contributed by atoms with E-state index in [1.165, 1.54) is 19.3 Å². The van der Waals surface area contributed by atoms with E-state index in [0.717, 1.165) is 35.8 Å². The third-order valence-corrected chi connectivity index (χ3v) is 6.63. The number of aromatic nitrogens is 3. The van der Waals surface area contributed by atoms with E-state index in [1.807, 2.05) is 24.3 Å². The summed E-state index contributed by atoms with van der Waals surface area (Å²) in [6, 6.07) is 7.74. The molecule has 2 atom stereocenters. The maximum atomic E-state index is 13.8. The zero-order chi connectivity index (χ0) is 20.9. The number of carbonyl (C=O) groups excluding carboxylic acids is 1. The first-order valence-corrected chi connectivity index (χ1v) is 11.1. The molecule has 2 heterocycles. The van der Waals surface area contributed by atoms with Gasteiger partial charge in [0, 0.05) is 37.3 Å². The number of amides is 1. The molecule has 30 heavy (non-hydrogen) atoms. The van der Waals surface area contributed by atoms with Crippen molar-refractivity contribution in [3.8, 4) is 5.75 Å². The monoisotopic (exact) mass is 414 g/mol. The molecule has 1 amide bonds. The van der Waals surface area contributed by atoms with Gasteiger partial charge in [-0.2, -0.15) is 5.10 Å². The standard InChI is InChI=1S/C23H31FN4O2/c1-30-20-10-6-5-7-16(20)11-12-21(29)28-14-18(13-24)19(15-28)23-25-22(26-27-23)17-8-3-2-4-9-17/h5-7,10,17-19H,2-4,8-9,11-15H2,1H3,(H,25,26,27). The minimum atomic E-state index is -0.458. The summed E-state index contributed by atoms with van der Waals surface area (Å²) in [6.07, 6.45) is 6.98. The van der Waals surface area contributed by atoms with Gasteiger partial charge in [-0.3, -0.25) is 14.3 Å². The van der Waals surface area contributed by atoms with Crippen molar-refractivity contribution in [3.63, 3.8) is 0 Å². The van der Waals surface area contributed by atoms with Gasteiger partial charge in [0.2, 0.25) is 5.91 Å². The number of likely N-dealkylation sites (tertiary alicyclic amines) is 1. The molecule has 6 nitrogen and oxygen atoms in total. The predicted octanol–water partition coefficient (Wildman–Crippen LogP) is 4.01. The lowest BCUT2D eigenvalue weighted by atomic mass is 9.89. The first-order valence-electron chi connectivity index (χ1n) is 11.1. The second-order valence-electron chi connectivity index (χ2n) is 8.55. The molecule has 0 bridgehead atoms. The SMILES string of the molecule is COc1ccccc1CCC(=O)N1CC(CF)C(c2nc(C3CCCCC3)n[nH]2)C1. The molecule has 0 radical (unpaired) electrons. The van der Waals surface area contributed by atoms with Crippen molar-refractivity contribution < 1.29 is 13.9 Å². The summed E-state index contributed by atoms with van der Waals surface area (Å²) in [5.41, 5.74) is 1.01. The second kappa shape index (κ2) is 9.58. The van der Waals surface area contributed by atoms with Gasteiger partial charge in [-0.15, -0.1) is 0 Å². The van der Waals surface area contributed by atoms with Gasteiger partial charge in [0.1, 0.15) is 11.6 Å². The molecule has 1 saturated heterocycles. The number of hydrogen-bond acceptors (Lipinski definition) is 4. The number of halogens is 1. The summed E-state index contributed by atoms with van der Waals surface area (Å²) in [5.74, 6) is 2.51. The van der Waals surface area contributed by atoms with Gasteiger partial charge in [-0.1, -0.05) is 37.5 Å². The Balaban J connectivity index is 1.38. The molecule has 7 heteroatoms. The average molecular weight is 415 g/mol. The van der Waals surface area contributed by atoms with E-state index in [2.05, 4.69) is 10.2 Å². The van der Waals surface area contributed by atoms with E-state index in [-0.39, 0.29) is 17.7 Å². The zero-order valence-corrected chi connectivity index (χ0v) is 17.6. The van der Waals surface area contributed by atoms with Crippen molar-refractivity contribution in [2.75, 3.05) is 26.9 Å². The topological polar surface area (TPSA) is 71.1 Å². The van der Waals surface area contributed by atoms with Gasteiger partial charge in [0.05, 0.1) is 13.8 Å². The van der Waals surface area contributed by atoms with Crippen LogP contribution < -0.4 is 4.74 Å². The van der Waals surface area contributed by atoms with Gasteiger partial charge < -0.3 is 9.64 Å². The number of aromatic amines is 1. The molecule has 0 spiro atoms. The van der Waals surface area contributed by atoms with Crippen LogP contribution in [0.15, 0.2) is 24.3 Å². The third kappa shape index (κ3) is 4.50. The van der Waals surface area contributed by atoms with Crippen molar-refractivity contribution in [2.24, 2.45) is 5.92 Å². The number of ether oxygens (including phenoxy) is 1. The number of H-pyrrole nitrogens is 1. The van der Waals surface area contributed by atoms with Crippen LogP contribution in [0.4, 0.5) is 4.39 Å². The molecule has 2 fully saturated rings. The van der Waals surface area contributed by atoms with Crippen LogP contribution in [0.2, 0.25) is 0 Å². The van der Waals surface area contributed by atoms with E-state index < -0.39 is 6.67 Å². The maximum absolute atomic E-state index is 13.8. The van der Waals surface area contributed by atoms with Crippen LogP contribution in [0.25, 0.3) is 0 Å². The molecule has 1 aromatic heterocycles. The van der Waals surface area contributed by atoms with Crippen molar-refractivity contribution in [2.45, 2.75) is 56.8 Å². The van der Waals surface area contributed by atoms with E-state index in [9.17, 15) is 9.18 Å². The van der Waals surface area contributed by atoms with Crippen molar-refractivity contribution >= 4 is 5.91 Å². The summed E-state index contributed by atoms with van der Waals surface area (Å²) in [5, 5.41) is 7.50. The summed E-state index contributed by atoms with van der Waals surface area (Å²) in [6.45, 7) is 0.477. The molecule has 1 aliphatic carbocycles. The van der Waals surface area contributed by atoms with Crippen LogP contribution in [-0.2, 0) is 11.2 Å². The Kier molecular flexibility index (Phi) is 6.65. The van der Waals surface area contributed by atoms with Crippen LogP contribution in [0.1, 0.15) is 67.6 Å². The lowest BCUT2D eigenvalue weighted by Gasteiger charge is -2.18. The average Bonchev–Trinajstić information content (AvgIpc) is 3.45. The third-order valence-electron chi connectivity index (χ3n) is 6.63. The van der Waals surface area contributed by atoms with Gasteiger partial charge in [-0.05, 0) is 30.9 Å². The Morgan fingerprint density at radius 3 is 2.80 bits per heavy atom. The minimum absolute atomic E-state index is 0.0499. The largest absolute Gasteiger partial charge is 0.496 e. The molecule has 1 saturated carbocycles. The summed E-state index contributed by atoms with van der Waals surface area (Å²) in [4.78, 5) is 19.3. The fourth-order valence-electron chi connectivity index (χ4n) is 4.85. The van der Waals surface area contributed by atoms with E-state index in [0.29, 0.717) is 31.8 Å². The molecule has 2 aliphatic rings. The quantitative estimate of drug-likeness (QED) is 0.743. The second-order valence-corrected chi connectivity index (χ2v) is 8.55. The Morgan fingerprint density at radius 2 is 2.03 bits per heavy atom. The molecular formula is C23H31FN4O2. The Labute approximate surface area is 177 Å². The Bertz CT molecular complexity index is 849. The number of aryl methyl sites for hydroxylation is 1. The Morgan fingerprint density at radius 1 is 1.23 bits per heavy atom. The molecule has 1 aliphatic heterocycles. The number of hydrogen-bond donors (Lipinski definition) is 1. The highest BCUT2D eigenvalue weighted by Crippen LogP contribution is 2.35. The first kappa shape index (κ1) is 20.8. The van der Waals surface area contributed by atoms with E-state index in [1.54, 1.807) is 12.0 Å². The number of nitrogens with one attached hydrogen (secondary N) is 1. The zero-order valence-electron chi connectivity index (χ0n) is 17.6. The molecule has 162 valence electrons. The normalized spacial score (nSPS) is 22.4. The first-order chi connectivity index (χ1) is 14.7. The highest BCUT2D eigenvalue weighted by atomic mass is 19.1. The van der Waals surface area contributed by atoms with Crippen LogP contribution in [0, 0.1) is 5.92 Å². The Hall–Kier alpha value is -2.44. The van der Waals surface area contributed by atoms with Crippen LogP contribution in [-0.4, -0.2) is 52.9 Å². The van der Waals surface area contributed by atoms with Crippen molar-refractivity contribution in [1.82, 2.24) is 20.1 Å². The predicted molar refractivity (Wildman–Crippen MR) is 112 cm³/mol. The van der Waals surface area contributed by atoms with Crippen molar-refractivity contribution in [1.29, 1.82) is 0 Å². The molecule has 2 aromatic rings. The van der Waals surface area contributed by atoms with Gasteiger partial charge in [0.15, 0.2) is 5.82 Å². The highest BCUT2D eigenvalue weighted by Gasteiger charge is 2.38. The number of alkyl halides is 1. The molecule has 1 aromatic carbocycles. The lowest BCUT2D eigenvalue weighted by molar-refractivity contribution is -0.130. The summed E-state index contributed by atoms with van der Waals surface area (Å²) in [7, 11) is 1.64. The molecule has 4 rings (SSSR count). The van der Waals surface area contributed by atoms with Crippen LogP contribution >= 0.6 is 0 Å². The number of methoxy groups -OCH3 is 1. The highest BCUT2D eigenvalue weighted by molar-refractivity contribution is 5.77. The number of para-hydroxylation sites is 1.